The van der Waals surface area contributed by atoms with E-state index in [0.29, 0.717) is 24.4 Å². The topological polar surface area (TPSA) is 56.7 Å². The van der Waals surface area contributed by atoms with E-state index in [9.17, 15) is 4.39 Å². The zero-order chi connectivity index (χ0) is 11.5. The molecule has 0 aliphatic heterocycles. The van der Waals surface area contributed by atoms with Gasteiger partial charge in [0.2, 0.25) is 0 Å². The molecule has 2 N–H and O–H groups in total. The van der Waals surface area contributed by atoms with Crippen molar-refractivity contribution in [2.24, 2.45) is 12.8 Å². The van der Waals surface area contributed by atoms with Crippen LogP contribution in [0.1, 0.15) is 5.82 Å². The van der Waals surface area contributed by atoms with Crippen LogP contribution >= 0.6 is 0 Å². The van der Waals surface area contributed by atoms with Gasteiger partial charge in [-0.05, 0) is 18.7 Å². The molecule has 0 atom stereocenters. The van der Waals surface area contributed by atoms with Gasteiger partial charge in [0, 0.05) is 13.5 Å². The fourth-order valence-electron chi connectivity index (χ4n) is 1.52. The molecule has 0 spiro atoms. The van der Waals surface area contributed by atoms with E-state index in [1.807, 2.05) is 0 Å². The monoisotopic (exact) mass is 220 g/mol. The Bertz CT molecular complexity index is 492. The summed E-state index contributed by atoms with van der Waals surface area (Å²) in [6, 6.07) is 6.46. The van der Waals surface area contributed by atoms with Crippen molar-refractivity contribution < 1.29 is 4.39 Å². The lowest BCUT2D eigenvalue weighted by molar-refractivity contribution is 0.629. The van der Waals surface area contributed by atoms with E-state index in [2.05, 4.69) is 10.1 Å². The van der Waals surface area contributed by atoms with Gasteiger partial charge in [0.1, 0.15) is 11.6 Å². The van der Waals surface area contributed by atoms with Crippen LogP contribution in [-0.2, 0) is 13.5 Å². The van der Waals surface area contributed by atoms with Gasteiger partial charge in [-0.1, -0.05) is 12.1 Å². The molecule has 0 saturated heterocycles. The summed E-state index contributed by atoms with van der Waals surface area (Å²) in [5.74, 6) is 0.859. The van der Waals surface area contributed by atoms with Crippen molar-refractivity contribution in [2.45, 2.75) is 6.42 Å². The normalized spacial score (nSPS) is 10.7. The molecular formula is C11H13FN4. The lowest BCUT2D eigenvalue weighted by atomic mass is 10.2. The molecule has 0 amide bonds. The molecule has 0 aliphatic carbocycles. The smallest absolute Gasteiger partial charge is 0.184 e. The molecule has 0 aliphatic rings. The maximum absolute atomic E-state index is 13.5. The van der Waals surface area contributed by atoms with E-state index in [0.717, 1.165) is 5.82 Å². The Kier molecular flexibility index (Phi) is 2.96. The van der Waals surface area contributed by atoms with Crippen molar-refractivity contribution in [1.82, 2.24) is 14.8 Å². The van der Waals surface area contributed by atoms with Crippen LogP contribution in [0.2, 0.25) is 0 Å². The van der Waals surface area contributed by atoms with Crippen LogP contribution in [0.4, 0.5) is 4.39 Å². The molecule has 84 valence electrons. The van der Waals surface area contributed by atoms with Crippen LogP contribution in [0.3, 0.4) is 0 Å². The van der Waals surface area contributed by atoms with Crippen molar-refractivity contribution in [3.8, 4) is 11.4 Å². The average Bonchev–Trinajstić information content (AvgIpc) is 2.61. The molecule has 0 saturated carbocycles. The summed E-state index contributed by atoms with van der Waals surface area (Å²) in [6.45, 7) is 0.503. The average molecular weight is 220 g/mol. The summed E-state index contributed by atoms with van der Waals surface area (Å²) in [6.07, 6.45) is 0.637. The molecule has 0 radical (unpaired) electrons. The van der Waals surface area contributed by atoms with Gasteiger partial charge in [-0.15, -0.1) is 0 Å². The molecule has 0 fully saturated rings. The molecule has 5 heteroatoms. The Morgan fingerprint density at radius 3 is 2.81 bits per heavy atom. The molecule has 16 heavy (non-hydrogen) atoms. The van der Waals surface area contributed by atoms with Gasteiger partial charge >= 0.3 is 0 Å². The highest BCUT2D eigenvalue weighted by Gasteiger charge is 2.11. The van der Waals surface area contributed by atoms with Crippen LogP contribution in [0, 0.1) is 5.82 Å². The van der Waals surface area contributed by atoms with Crippen LogP contribution in [-0.4, -0.2) is 21.3 Å². The van der Waals surface area contributed by atoms with Crippen molar-refractivity contribution in [3.63, 3.8) is 0 Å². The lowest BCUT2D eigenvalue weighted by Crippen LogP contribution is -2.08. The third-order valence-electron chi connectivity index (χ3n) is 2.34. The summed E-state index contributed by atoms with van der Waals surface area (Å²) >= 11 is 0. The minimum atomic E-state index is -0.313. The van der Waals surface area contributed by atoms with Crippen molar-refractivity contribution in [1.29, 1.82) is 0 Å². The molecular weight excluding hydrogens is 207 g/mol. The second-order valence-corrected chi connectivity index (χ2v) is 3.49. The molecule has 1 heterocycles. The Balaban J connectivity index is 2.42. The third-order valence-corrected chi connectivity index (χ3v) is 2.34. The number of rotatable bonds is 3. The first-order chi connectivity index (χ1) is 7.72. The van der Waals surface area contributed by atoms with Gasteiger partial charge in [0.05, 0.1) is 5.56 Å². The van der Waals surface area contributed by atoms with E-state index >= 15 is 0 Å². The summed E-state index contributed by atoms with van der Waals surface area (Å²) in [5.41, 5.74) is 5.87. The summed E-state index contributed by atoms with van der Waals surface area (Å²) < 4.78 is 15.1. The SMILES string of the molecule is Cn1nc(-c2ccccc2F)nc1CCN. The number of hydrogen-bond donors (Lipinski definition) is 1. The van der Waals surface area contributed by atoms with Gasteiger partial charge in [0.25, 0.3) is 0 Å². The van der Waals surface area contributed by atoms with E-state index < -0.39 is 0 Å². The Hall–Kier alpha value is -1.75. The van der Waals surface area contributed by atoms with Gasteiger partial charge in [-0.25, -0.2) is 9.37 Å². The first kappa shape index (κ1) is 10.8. The number of aromatic nitrogens is 3. The standard InChI is InChI=1S/C11H13FN4/c1-16-10(6-7-13)14-11(15-16)8-4-2-3-5-9(8)12/h2-5H,6-7,13H2,1H3. The molecule has 0 bridgehead atoms. The molecule has 2 aromatic rings. The van der Waals surface area contributed by atoms with Crippen LogP contribution < -0.4 is 5.73 Å². The van der Waals surface area contributed by atoms with Crippen LogP contribution in [0.25, 0.3) is 11.4 Å². The summed E-state index contributed by atoms with van der Waals surface area (Å²) in [4.78, 5) is 4.26. The van der Waals surface area contributed by atoms with Crippen LogP contribution in [0.15, 0.2) is 24.3 Å². The molecule has 1 aromatic heterocycles. The second-order valence-electron chi connectivity index (χ2n) is 3.49. The Morgan fingerprint density at radius 1 is 1.38 bits per heavy atom. The maximum atomic E-state index is 13.5. The first-order valence-corrected chi connectivity index (χ1v) is 5.07. The van der Waals surface area contributed by atoms with E-state index in [-0.39, 0.29) is 5.82 Å². The molecule has 4 nitrogen and oxygen atoms in total. The minimum Gasteiger partial charge on any atom is -0.330 e. The molecule has 2 rings (SSSR count). The highest BCUT2D eigenvalue weighted by Crippen LogP contribution is 2.18. The highest BCUT2D eigenvalue weighted by atomic mass is 19.1. The van der Waals surface area contributed by atoms with Gasteiger partial charge in [-0.2, -0.15) is 5.10 Å². The summed E-state index contributed by atoms with van der Waals surface area (Å²) in [7, 11) is 1.78. The maximum Gasteiger partial charge on any atom is 0.184 e. The van der Waals surface area contributed by atoms with E-state index in [1.54, 1.807) is 29.9 Å². The predicted molar refractivity (Wildman–Crippen MR) is 59.2 cm³/mol. The number of hydrogen-bond acceptors (Lipinski definition) is 3. The van der Waals surface area contributed by atoms with Gasteiger partial charge < -0.3 is 5.73 Å². The number of nitrogens with two attached hydrogens (primary N) is 1. The Morgan fingerprint density at radius 2 is 2.12 bits per heavy atom. The van der Waals surface area contributed by atoms with Crippen molar-refractivity contribution in [2.75, 3.05) is 6.54 Å². The summed E-state index contributed by atoms with van der Waals surface area (Å²) in [5, 5.41) is 4.17. The lowest BCUT2D eigenvalue weighted by Gasteiger charge is -1.95. The number of benzene rings is 1. The van der Waals surface area contributed by atoms with Crippen molar-refractivity contribution >= 4 is 0 Å². The van der Waals surface area contributed by atoms with Gasteiger partial charge in [0.15, 0.2) is 5.82 Å². The first-order valence-electron chi connectivity index (χ1n) is 5.07. The fraction of sp³-hybridized carbons (Fsp3) is 0.273. The number of aryl methyl sites for hydroxylation is 1. The zero-order valence-corrected chi connectivity index (χ0v) is 9.02. The Labute approximate surface area is 92.9 Å². The zero-order valence-electron chi connectivity index (χ0n) is 9.02. The molecule has 0 unspecified atom stereocenters. The number of halogens is 1. The van der Waals surface area contributed by atoms with E-state index in [4.69, 9.17) is 5.73 Å². The van der Waals surface area contributed by atoms with Crippen molar-refractivity contribution in [3.05, 3.63) is 35.9 Å². The number of nitrogens with zero attached hydrogens (tertiary/aromatic N) is 3. The quantitative estimate of drug-likeness (QED) is 0.843. The third kappa shape index (κ3) is 1.94. The minimum absolute atomic E-state index is 0.313. The molecule has 1 aromatic carbocycles. The predicted octanol–water partition coefficient (Wildman–Crippen LogP) is 1.12. The fourth-order valence-corrected chi connectivity index (χ4v) is 1.52. The van der Waals surface area contributed by atoms with Crippen LogP contribution in [0.5, 0.6) is 0 Å². The van der Waals surface area contributed by atoms with E-state index in [1.165, 1.54) is 6.07 Å². The highest BCUT2D eigenvalue weighted by molar-refractivity contribution is 5.55. The van der Waals surface area contributed by atoms with Gasteiger partial charge in [-0.3, -0.25) is 4.68 Å². The largest absolute Gasteiger partial charge is 0.330 e. The second kappa shape index (κ2) is 4.40.